The van der Waals surface area contributed by atoms with E-state index in [1.807, 2.05) is 54.3 Å². The van der Waals surface area contributed by atoms with Crippen molar-refractivity contribution in [1.29, 1.82) is 0 Å². The van der Waals surface area contributed by atoms with Crippen LogP contribution < -0.4 is 10.1 Å². The van der Waals surface area contributed by atoms with E-state index in [-0.39, 0.29) is 31.1 Å². The lowest BCUT2D eigenvalue weighted by molar-refractivity contribution is -0.133. The summed E-state index contributed by atoms with van der Waals surface area (Å²) in [5.41, 5.74) is 4.62. The van der Waals surface area contributed by atoms with E-state index in [2.05, 4.69) is 10.3 Å². The number of oxazole rings is 1. The van der Waals surface area contributed by atoms with Gasteiger partial charge in [-0.05, 0) is 66.9 Å². The molecular formula is C30H31N3O6. The van der Waals surface area contributed by atoms with E-state index in [1.54, 1.807) is 31.4 Å². The highest BCUT2D eigenvalue weighted by Gasteiger charge is 2.37. The number of hydrogen-bond donors (Lipinski definition) is 1. The molecule has 1 aromatic heterocycles. The third kappa shape index (κ3) is 5.88. The van der Waals surface area contributed by atoms with Crippen LogP contribution in [0, 0.1) is 6.92 Å². The van der Waals surface area contributed by atoms with Gasteiger partial charge < -0.3 is 28.8 Å². The number of nitrogens with zero attached hydrogens (tertiary/aromatic N) is 2. The van der Waals surface area contributed by atoms with Crippen LogP contribution >= 0.6 is 0 Å². The summed E-state index contributed by atoms with van der Waals surface area (Å²) >= 11 is 0. The second-order valence-electron chi connectivity index (χ2n) is 9.48. The molecule has 0 aliphatic carbocycles. The number of amides is 1. The number of rotatable bonds is 9. The summed E-state index contributed by atoms with van der Waals surface area (Å²) in [4.78, 5) is 31.4. The highest BCUT2D eigenvalue weighted by molar-refractivity contribution is 5.89. The van der Waals surface area contributed by atoms with Crippen LogP contribution in [0.3, 0.4) is 0 Å². The number of carbonyl (C=O) groups excluding carboxylic acids is 2. The number of benzene rings is 3. The predicted octanol–water partition coefficient (Wildman–Crippen LogP) is 4.90. The van der Waals surface area contributed by atoms with E-state index in [0.29, 0.717) is 35.0 Å². The molecule has 0 radical (unpaired) electrons. The highest BCUT2D eigenvalue weighted by Crippen LogP contribution is 2.27. The SMILES string of the molecule is COC(=O)c1ccc(OC[C@@H]2[C@@H](OC)CCN2C(=O)Cc2ccc3nc(Nc4ccccc4C)oc3c2)cc1. The molecule has 3 aromatic carbocycles. The van der Waals surface area contributed by atoms with Crippen molar-refractivity contribution in [3.63, 3.8) is 0 Å². The van der Waals surface area contributed by atoms with Crippen molar-refractivity contribution in [2.24, 2.45) is 0 Å². The molecule has 0 saturated carbocycles. The van der Waals surface area contributed by atoms with Crippen molar-refractivity contribution in [2.45, 2.75) is 31.9 Å². The predicted molar refractivity (Wildman–Crippen MR) is 146 cm³/mol. The zero-order chi connectivity index (χ0) is 27.4. The number of para-hydroxylation sites is 1. The molecule has 1 fully saturated rings. The first-order valence-electron chi connectivity index (χ1n) is 12.8. The summed E-state index contributed by atoms with van der Waals surface area (Å²) in [6, 6.07) is 20.4. The van der Waals surface area contributed by atoms with Crippen molar-refractivity contribution in [2.75, 3.05) is 32.7 Å². The van der Waals surface area contributed by atoms with Gasteiger partial charge in [0.15, 0.2) is 5.58 Å². The number of fused-ring (bicyclic) bond motifs is 1. The summed E-state index contributed by atoms with van der Waals surface area (Å²) in [6.07, 6.45) is 0.819. The summed E-state index contributed by atoms with van der Waals surface area (Å²) in [5.74, 6) is 0.180. The lowest BCUT2D eigenvalue weighted by Crippen LogP contribution is -2.44. The summed E-state index contributed by atoms with van der Waals surface area (Å²) in [5, 5.41) is 3.22. The topological polar surface area (TPSA) is 103 Å². The van der Waals surface area contributed by atoms with Gasteiger partial charge in [0.1, 0.15) is 17.9 Å². The van der Waals surface area contributed by atoms with Crippen LogP contribution in [0.2, 0.25) is 0 Å². The van der Waals surface area contributed by atoms with Crippen molar-refractivity contribution in [3.05, 3.63) is 83.4 Å². The van der Waals surface area contributed by atoms with Crippen molar-refractivity contribution in [3.8, 4) is 5.75 Å². The molecule has 1 aliphatic rings. The lowest BCUT2D eigenvalue weighted by Gasteiger charge is -2.27. The molecular weight excluding hydrogens is 498 g/mol. The molecule has 0 unspecified atom stereocenters. The Kier molecular flexibility index (Phi) is 7.79. The molecule has 9 nitrogen and oxygen atoms in total. The van der Waals surface area contributed by atoms with Gasteiger partial charge in [-0.2, -0.15) is 4.98 Å². The van der Waals surface area contributed by atoms with Gasteiger partial charge in [-0.25, -0.2) is 4.79 Å². The van der Waals surface area contributed by atoms with Gasteiger partial charge in [0.25, 0.3) is 6.01 Å². The summed E-state index contributed by atoms with van der Waals surface area (Å²) < 4.78 is 22.3. The molecule has 1 N–H and O–H groups in total. The molecule has 1 amide bonds. The van der Waals surface area contributed by atoms with Gasteiger partial charge >= 0.3 is 5.97 Å². The first-order chi connectivity index (χ1) is 18.9. The Morgan fingerprint density at radius 2 is 1.87 bits per heavy atom. The first kappa shape index (κ1) is 26.2. The monoisotopic (exact) mass is 529 g/mol. The fourth-order valence-electron chi connectivity index (χ4n) is 4.83. The minimum absolute atomic E-state index is 0.0127. The van der Waals surface area contributed by atoms with Gasteiger partial charge in [0.2, 0.25) is 5.91 Å². The number of methoxy groups -OCH3 is 2. The summed E-state index contributed by atoms with van der Waals surface area (Å²) in [7, 11) is 2.99. The maximum atomic E-state index is 13.4. The average Bonchev–Trinajstić information content (AvgIpc) is 3.56. The molecule has 1 aliphatic heterocycles. The van der Waals surface area contributed by atoms with E-state index in [0.717, 1.165) is 23.2 Å². The number of carbonyl (C=O) groups is 2. The third-order valence-electron chi connectivity index (χ3n) is 7.00. The quantitative estimate of drug-likeness (QED) is 0.305. The third-order valence-corrected chi connectivity index (χ3v) is 7.00. The number of aromatic nitrogens is 1. The molecule has 0 spiro atoms. The second-order valence-corrected chi connectivity index (χ2v) is 9.48. The minimum atomic E-state index is -0.407. The molecule has 39 heavy (non-hydrogen) atoms. The first-order valence-corrected chi connectivity index (χ1v) is 12.8. The zero-order valence-electron chi connectivity index (χ0n) is 22.2. The molecule has 4 aromatic rings. The van der Waals surface area contributed by atoms with Gasteiger partial charge in [-0.1, -0.05) is 24.3 Å². The minimum Gasteiger partial charge on any atom is -0.491 e. The van der Waals surface area contributed by atoms with E-state index in [4.69, 9.17) is 18.6 Å². The van der Waals surface area contributed by atoms with Gasteiger partial charge in [-0.15, -0.1) is 0 Å². The molecule has 5 rings (SSSR count). The largest absolute Gasteiger partial charge is 0.491 e. The van der Waals surface area contributed by atoms with Crippen LogP contribution in [0.4, 0.5) is 11.7 Å². The number of hydrogen-bond acceptors (Lipinski definition) is 8. The number of nitrogens with one attached hydrogen (secondary N) is 1. The molecule has 2 atom stereocenters. The Morgan fingerprint density at radius 3 is 2.62 bits per heavy atom. The molecule has 2 heterocycles. The highest BCUT2D eigenvalue weighted by atomic mass is 16.5. The van der Waals surface area contributed by atoms with Crippen molar-refractivity contribution < 1.29 is 28.2 Å². The van der Waals surface area contributed by atoms with Crippen molar-refractivity contribution >= 4 is 34.7 Å². The smallest absolute Gasteiger partial charge is 0.337 e. The van der Waals surface area contributed by atoms with Crippen molar-refractivity contribution in [1.82, 2.24) is 9.88 Å². The van der Waals surface area contributed by atoms with E-state index in [9.17, 15) is 9.59 Å². The van der Waals surface area contributed by atoms with Crippen LogP contribution in [0.5, 0.6) is 5.75 Å². The van der Waals surface area contributed by atoms with Crippen LogP contribution in [0.25, 0.3) is 11.1 Å². The van der Waals surface area contributed by atoms with Crippen LogP contribution in [0.1, 0.15) is 27.9 Å². The van der Waals surface area contributed by atoms with Crippen LogP contribution in [-0.2, 0) is 20.7 Å². The zero-order valence-corrected chi connectivity index (χ0v) is 22.2. The molecule has 0 bridgehead atoms. The molecule has 1 saturated heterocycles. The Hall–Kier alpha value is -4.37. The fourth-order valence-corrected chi connectivity index (χ4v) is 4.83. The number of esters is 1. The maximum absolute atomic E-state index is 13.4. The standard InChI is InChI=1S/C30H31N3O6/c1-19-6-4-5-7-23(19)31-30-32-24-13-8-20(16-27(24)39-30)17-28(34)33-15-14-26(36-2)25(33)18-38-22-11-9-21(10-12-22)29(35)37-3/h4-13,16,25-26H,14-15,17-18H2,1-3H3,(H,31,32)/t25-,26+/m1/s1. The maximum Gasteiger partial charge on any atom is 0.337 e. The second kappa shape index (κ2) is 11.6. The fraction of sp³-hybridized carbons (Fsp3) is 0.300. The molecule has 9 heteroatoms. The van der Waals surface area contributed by atoms with E-state index >= 15 is 0 Å². The van der Waals surface area contributed by atoms with E-state index in [1.165, 1.54) is 7.11 Å². The number of aryl methyl sites for hydroxylation is 1. The normalized spacial score (nSPS) is 16.8. The number of ether oxygens (including phenoxy) is 3. The van der Waals surface area contributed by atoms with Crippen LogP contribution in [-0.4, -0.2) is 61.3 Å². The van der Waals surface area contributed by atoms with Gasteiger partial charge in [0.05, 0.1) is 31.2 Å². The van der Waals surface area contributed by atoms with Crippen LogP contribution in [0.15, 0.2) is 71.1 Å². The molecule has 202 valence electrons. The Labute approximate surface area is 226 Å². The van der Waals surface area contributed by atoms with Gasteiger partial charge in [0, 0.05) is 19.3 Å². The Balaban J connectivity index is 1.24. The number of anilines is 2. The lowest BCUT2D eigenvalue weighted by atomic mass is 10.1. The number of likely N-dealkylation sites (tertiary alicyclic amines) is 1. The Morgan fingerprint density at radius 1 is 1.08 bits per heavy atom. The average molecular weight is 530 g/mol. The Bertz CT molecular complexity index is 1470. The summed E-state index contributed by atoms with van der Waals surface area (Å²) in [6.45, 7) is 2.87. The van der Waals surface area contributed by atoms with E-state index < -0.39 is 5.97 Å². The van der Waals surface area contributed by atoms with Gasteiger partial charge in [-0.3, -0.25) is 4.79 Å².